The molecule has 2 heterocycles. The molecule has 1 N–H and O–H groups in total. The van der Waals surface area contributed by atoms with Gasteiger partial charge in [0.2, 0.25) is 0 Å². The van der Waals surface area contributed by atoms with Crippen molar-refractivity contribution in [1.82, 2.24) is 10.2 Å². The summed E-state index contributed by atoms with van der Waals surface area (Å²) in [7, 11) is 0. The molecule has 1 atom stereocenters. The molecule has 24 heavy (non-hydrogen) atoms. The summed E-state index contributed by atoms with van der Waals surface area (Å²) >= 11 is 0. The Bertz CT molecular complexity index is 872. The molecule has 0 bridgehead atoms. The molecule has 1 aromatic heterocycles. The SMILES string of the molecule is C(=N\Nc1nncc2ccccc12)/c1cccc(OCC2CO2)c1. The van der Waals surface area contributed by atoms with Crippen LogP contribution >= 0.6 is 0 Å². The monoisotopic (exact) mass is 320 g/mol. The number of fused-ring (bicyclic) bond motifs is 1. The van der Waals surface area contributed by atoms with Crippen LogP contribution in [0.2, 0.25) is 0 Å². The lowest BCUT2D eigenvalue weighted by atomic mass is 10.2. The van der Waals surface area contributed by atoms with Crippen molar-refractivity contribution in [3.63, 3.8) is 0 Å². The molecule has 1 aliphatic rings. The Balaban J connectivity index is 1.45. The smallest absolute Gasteiger partial charge is 0.176 e. The number of aromatic nitrogens is 2. The molecule has 0 radical (unpaired) electrons. The number of hydrogen-bond acceptors (Lipinski definition) is 6. The maximum Gasteiger partial charge on any atom is 0.176 e. The van der Waals surface area contributed by atoms with Crippen LogP contribution in [0.5, 0.6) is 5.75 Å². The van der Waals surface area contributed by atoms with Crippen LogP contribution in [0.1, 0.15) is 5.56 Å². The second kappa shape index (κ2) is 6.64. The highest BCUT2D eigenvalue weighted by Crippen LogP contribution is 2.19. The topological polar surface area (TPSA) is 71.9 Å². The molecule has 0 saturated carbocycles. The molecule has 0 amide bonds. The van der Waals surface area contributed by atoms with Crippen molar-refractivity contribution in [3.8, 4) is 5.75 Å². The van der Waals surface area contributed by atoms with E-state index in [1.54, 1.807) is 12.4 Å². The van der Waals surface area contributed by atoms with Crippen molar-refractivity contribution in [3.05, 3.63) is 60.3 Å². The normalized spacial score (nSPS) is 16.4. The van der Waals surface area contributed by atoms with Crippen molar-refractivity contribution in [2.45, 2.75) is 6.10 Å². The first-order valence-corrected chi connectivity index (χ1v) is 7.72. The first kappa shape index (κ1) is 14.6. The van der Waals surface area contributed by atoms with Gasteiger partial charge >= 0.3 is 0 Å². The third-order valence-corrected chi connectivity index (χ3v) is 3.65. The Hall–Kier alpha value is -2.99. The number of anilines is 1. The predicted molar refractivity (Wildman–Crippen MR) is 92.4 cm³/mol. The molecule has 1 aliphatic heterocycles. The number of hydrazone groups is 1. The summed E-state index contributed by atoms with van der Waals surface area (Å²) in [5.41, 5.74) is 3.89. The van der Waals surface area contributed by atoms with Gasteiger partial charge < -0.3 is 9.47 Å². The standard InChI is InChI=1S/C18H16N4O2/c1-2-7-17-14(5-1)10-20-22-18(17)21-19-9-13-4-3-6-15(8-13)23-11-16-12-24-16/h1-10,16H,11-12H2,(H,21,22)/b19-9+. The maximum atomic E-state index is 5.66. The van der Waals surface area contributed by atoms with Gasteiger partial charge in [-0.25, -0.2) is 0 Å². The molecule has 1 saturated heterocycles. The van der Waals surface area contributed by atoms with E-state index in [-0.39, 0.29) is 6.10 Å². The number of nitrogens with one attached hydrogen (secondary N) is 1. The summed E-state index contributed by atoms with van der Waals surface area (Å²) in [4.78, 5) is 0. The van der Waals surface area contributed by atoms with Gasteiger partial charge in [-0.05, 0) is 17.7 Å². The molecular formula is C18H16N4O2. The fourth-order valence-electron chi connectivity index (χ4n) is 2.32. The highest BCUT2D eigenvalue weighted by atomic mass is 16.6. The summed E-state index contributed by atoms with van der Waals surface area (Å²) in [6.07, 6.45) is 3.70. The van der Waals surface area contributed by atoms with Gasteiger partial charge in [-0.3, -0.25) is 5.43 Å². The second-order valence-corrected chi connectivity index (χ2v) is 5.49. The van der Waals surface area contributed by atoms with Crippen molar-refractivity contribution in [2.75, 3.05) is 18.6 Å². The van der Waals surface area contributed by atoms with E-state index in [0.717, 1.165) is 28.7 Å². The number of benzene rings is 2. The lowest BCUT2D eigenvalue weighted by Gasteiger charge is -2.05. The third-order valence-electron chi connectivity index (χ3n) is 3.65. The van der Waals surface area contributed by atoms with E-state index in [4.69, 9.17) is 9.47 Å². The third kappa shape index (κ3) is 3.49. The van der Waals surface area contributed by atoms with Gasteiger partial charge in [0.1, 0.15) is 18.5 Å². The minimum atomic E-state index is 0.244. The zero-order valence-electron chi connectivity index (χ0n) is 12.9. The number of ether oxygens (including phenoxy) is 2. The number of epoxide rings is 1. The van der Waals surface area contributed by atoms with E-state index in [1.807, 2.05) is 48.5 Å². The van der Waals surface area contributed by atoms with Crippen LogP contribution < -0.4 is 10.2 Å². The average Bonchev–Trinajstić information content (AvgIpc) is 3.45. The van der Waals surface area contributed by atoms with Crippen LogP contribution in [0.25, 0.3) is 10.8 Å². The number of hydrogen-bond donors (Lipinski definition) is 1. The highest BCUT2D eigenvalue weighted by Gasteiger charge is 2.22. The van der Waals surface area contributed by atoms with Crippen LogP contribution in [-0.2, 0) is 4.74 Å². The molecule has 1 fully saturated rings. The Morgan fingerprint density at radius 2 is 2.17 bits per heavy atom. The minimum absolute atomic E-state index is 0.244. The largest absolute Gasteiger partial charge is 0.491 e. The first-order chi connectivity index (χ1) is 11.9. The molecule has 1 unspecified atom stereocenters. The zero-order valence-corrected chi connectivity index (χ0v) is 12.9. The van der Waals surface area contributed by atoms with E-state index in [0.29, 0.717) is 12.4 Å². The lowest BCUT2D eigenvalue weighted by molar-refractivity contribution is 0.263. The molecule has 4 rings (SSSR count). The minimum Gasteiger partial charge on any atom is -0.491 e. The number of nitrogens with zero attached hydrogens (tertiary/aromatic N) is 3. The fourth-order valence-corrected chi connectivity index (χ4v) is 2.32. The molecule has 0 spiro atoms. The van der Waals surface area contributed by atoms with Crippen molar-refractivity contribution >= 4 is 22.8 Å². The van der Waals surface area contributed by atoms with E-state index in [9.17, 15) is 0 Å². The van der Waals surface area contributed by atoms with E-state index in [1.165, 1.54) is 0 Å². The second-order valence-electron chi connectivity index (χ2n) is 5.49. The maximum absolute atomic E-state index is 5.66. The van der Waals surface area contributed by atoms with Gasteiger partial charge in [0.25, 0.3) is 0 Å². The highest BCUT2D eigenvalue weighted by molar-refractivity contribution is 5.91. The molecule has 3 aromatic rings. The van der Waals surface area contributed by atoms with Crippen LogP contribution in [-0.4, -0.2) is 35.7 Å². The summed E-state index contributed by atoms with van der Waals surface area (Å²) in [5, 5.41) is 14.3. The molecule has 120 valence electrons. The van der Waals surface area contributed by atoms with Gasteiger partial charge in [0, 0.05) is 10.8 Å². The average molecular weight is 320 g/mol. The van der Waals surface area contributed by atoms with Gasteiger partial charge in [-0.15, -0.1) is 5.10 Å². The van der Waals surface area contributed by atoms with Crippen molar-refractivity contribution in [1.29, 1.82) is 0 Å². The van der Waals surface area contributed by atoms with Crippen molar-refractivity contribution < 1.29 is 9.47 Å². The van der Waals surface area contributed by atoms with Gasteiger partial charge in [0.15, 0.2) is 5.82 Å². The zero-order chi connectivity index (χ0) is 16.2. The van der Waals surface area contributed by atoms with E-state index in [2.05, 4.69) is 20.7 Å². The molecule has 6 heteroatoms. The molecule has 2 aromatic carbocycles. The van der Waals surface area contributed by atoms with Crippen LogP contribution in [0, 0.1) is 0 Å². The van der Waals surface area contributed by atoms with Gasteiger partial charge in [-0.2, -0.15) is 10.2 Å². The summed E-state index contributed by atoms with van der Waals surface area (Å²) < 4.78 is 10.8. The van der Waals surface area contributed by atoms with Crippen LogP contribution in [0.15, 0.2) is 59.8 Å². The fraction of sp³-hybridized carbons (Fsp3) is 0.167. The summed E-state index contributed by atoms with van der Waals surface area (Å²) in [6.45, 7) is 1.38. The first-order valence-electron chi connectivity index (χ1n) is 7.72. The summed E-state index contributed by atoms with van der Waals surface area (Å²) in [6, 6.07) is 15.6. The summed E-state index contributed by atoms with van der Waals surface area (Å²) in [5.74, 6) is 1.43. The predicted octanol–water partition coefficient (Wildman–Crippen LogP) is 2.85. The Morgan fingerprint density at radius 1 is 1.25 bits per heavy atom. The van der Waals surface area contributed by atoms with Gasteiger partial charge in [-0.1, -0.05) is 36.4 Å². The Morgan fingerprint density at radius 3 is 3.08 bits per heavy atom. The van der Waals surface area contributed by atoms with Crippen LogP contribution in [0.3, 0.4) is 0 Å². The molecule has 0 aliphatic carbocycles. The quantitative estimate of drug-likeness (QED) is 0.429. The van der Waals surface area contributed by atoms with Gasteiger partial charge in [0.05, 0.1) is 19.0 Å². The molecular weight excluding hydrogens is 304 g/mol. The van der Waals surface area contributed by atoms with Crippen LogP contribution in [0.4, 0.5) is 5.82 Å². The van der Waals surface area contributed by atoms with Crippen molar-refractivity contribution in [2.24, 2.45) is 5.10 Å². The lowest BCUT2D eigenvalue weighted by Crippen LogP contribution is -2.04. The Kier molecular flexibility index (Phi) is 4.04. The van der Waals surface area contributed by atoms with E-state index >= 15 is 0 Å². The Labute approximate surface area is 139 Å². The number of rotatable bonds is 6. The molecule has 6 nitrogen and oxygen atoms in total. The van der Waals surface area contributed by atoms with E-state index < -0.39 is 0 Å².